The number of carbonyl (C=O) groups is 1. The number of piperidine rings is 1. The molecule has 1 fully saturated rings. The van der Waals surface area contributed by atoms with Crippen LogP contribution in [0.1, 0.15) is 37.1 Å². The van der Waals surface area contributed by atoms with Gasteiger partial charge in [0.05, 0.1) is 13.7 Å². The lowest BCUT2D eigenvalue weighted by molar-refractivity contribution is -0.127. The first-order chi connectivity index (χ1) is 13.1. The number of nitrogens with one attached hydrogen (secondary N) is 2. The van der Waals surface area contributed by atoms with Gasteiger partial charge in [-0.25, -0.2) is 4.68 Å². The molecule has 2 heterocycles. The fourth-order valence-electron chi connectivity index (χ4n) is 3.04. The summed E-state index contributed by atoms with van der Waals surface area (Å²) in [5.74, 6) is 2.09. The van der Waals surface area contributed by atoms with Crippen LogP contribution in [0.4, 0.5) is 5.95 Å². The largest absolute Gasteiger partial charge is 0.497 e. The van der Waals surface area contributed by atoms with E-state index < -0.39 is 6.10 Å². The topological polar surface area (TPSA) is 90.3 Å². The predicted octanol–water partition coefficient (Wildman–Crippen LogP) is 2.26. The Labute approximate surface area is 171 Å². The number of rotatable bonds is 7. The smallest absolute Gasteiger partial charge is 0.255 e. The van der Waals surface area contributed by atoms with Gasteiger partial charge in [-0.05, 0) is 50.6 Å². The summed E-state index contributed by atoms with van der Waals surface area (Å²) in [4.78, 5) is 17.0. The molecule has 1 amide bonds. The second-order valence-electron chi connectivity index (χ2n) is 6.74. The van der Waals surface area contributed by atoms with Gasteiger partial charge in [0.1, 0.15) is 11.9 Å². The lowest BCUT2D eigenvalue weighted by Crippen LogP contribution is -2.29. The molecule has 8 nitrogen and oxygen atoms in total. The molecule has 9 heteroatoms. The molecule has 2 N–H and O–H groups in total. The number of carbonyl (C=O) groups excluding carboxylic acids is 1. The van der Waals surface area contributed by atoms with Gasteiger partial charge in [0.25, 0.3) is 5.91 Å². The van der Waals surface area contributed by atoms with Gasteiger partial charge in [0, 0.05) is 13.0 Å². The predicted molar refractivity (Wildman–Crippen MR) is 109 cm³/mol. The van der Waals surface area contributed by atoms with E-state index in [1.165, 1.54) is 0 Å². The van der Waals surface area contributed by atoms with Gasteiger partial charge in [-0.3, -0.25) is 10.1 Å². The number of methoxy groups -OCH3 is 1. The minimum atomic E-state index is -0.616. The van der Waals surface area contributed by atoms with Gasteiger partial charge in [-0.2, -0.15) is 10.1 Å². The highest BCUT2D eigenvalue weighted by Gasteiger charge is 2.22. The quantitative estimate of drug-likeness (QED) is 0.729. The first-order valence-electron chi connectivity index (χ1n) is 9.24. The summed E-state index contributed by atoms with van der Waals surface area (Å²) in [6, 6.07) is 7.58. The molecule has 1 saturated heterocycles. The molecule has 28 heavy (non-hydrogen) atoms. The molecule has 3 rings (SSSR count). The fraction of sp³-hybridized carbons (Fsp3) is 0.526. The van der Waals surface area contributed by atoms with Crippen LogP contribution in [0.15, 0.2) is 24.3 Å². The lowest BCUT2D eigenvalue weighted by atomic mass is 9.98. The fourth-order valence-corrected chi connectivity index (χ4v) is 3.04. The standard InChI is InChI=1S/C19H27N5O3.ClH/c1-13(27-12-14-5-4-6-16(11-14)26-3)18(25)22-19-21-17(23-24(19)2)15-7-9-20-10-8-15;/h4-6,11,13,15,20H,7-10,12H2,1-3H3,(H,21,22,23,25);1H. The molecule has 154 valence electrons. The summed E-state index contributed by atoms with van der Waals surface area (Å²) in [7, 11) is 3.41. The SMILES string of the molecule is COc1cccc(COC(C)C(=O)Nc2nc(C3CCNCC3)nn2C)c1.Cl. The number of nitrogens with zero attached hydrogens (tertiary/aromatic N) is 3. The number of anilines is 1. The second kappa shape index (κ2) is 10.4. The van der Waals surface area contributed by atoms with E-state index >= 15 is 0 Å². The number of hydrogen-bond donors (Lipinski definition) is 2. The Morgan fingerprint density at radius 1 is 1.39 bits per heavy atom. The van der Waals surface area contributed by atoms with Gasteiger partial charge < -0.3 is 14.8 Å². The van der Waals surface area contributed by atoms with Crippen LogP contribution < -0.4 is 15.4 Å². The normalized spacial score (nSPS) is 15.5. The molecule has 0 bridgehead atoms. The molecule has 1 aliphatic rings. The number of hydrogen-bond acceptors (Lipinski definition) is 6. The van der Waals surface area contributed by atoms with Crippen LogP contribution in [0.5, 0.6) is 5.75 Å². The van der Waals surface area contributed by atoms with Gasteiger partial charge in [-0.15, -0.1) is 12.4 Å². The maximum atomic E-state index is 12.4. The molecule has 1 aliphatic heterocycles. The molecule has 0 aliphatic carbocycles. The number of amides is 1. The molecule has 0 spiro atoms. The van der Waals surface area contributed by atoms with Crippen molar-refractivity contribution in [3.8, 4) is 5.75 Å². The van der Waals surface area contributed by atoms with Crippen LogP contribution in [0.25, 0.3) is 0 Å². The number of aromatic nitrogens is 3. The maximum Gasteiger partial charge on any atom is 0.255 e. The molecule has 0 radical (unpaired) electrons. The van der Waals surface area contributed by atoms with Crippen molar-refractivity contribution in [3.05, 3.63) is 35.7 Å². The minimum Gasteiger partial charge on any atom is -0.497 e. The zero-order valence-electron chi connectivity index (χ0n) is 16.5. The van der Waals surface area contributed by atoms with E-state index in [0.29, 0.717) is 18.5 Å². The monoisotopic (exact) mass is 409 g/mol. The van der Waals surface area contributed by atoms with Crippen molar-refractivity contribution in [1.29, 1.82) is 0 Å². The van der Waals surface area contributed by atoms with Gasteiger partial charge in [0.2, 0.25) is 5.95 Å². The lowest BCUT2D eigenvalue weighted by Gasteiger charge is -2.19. The van der Waals surface area contributed by atoms with Crippen molar-refractivity contribution in [3.63, 3.8) is 0 Å². The highest BCUT2D eigenvalue weighted by Crippen LogP contribution is 2.23. The first-order valence-corrected chi connectivity index (χ1v) is 9.24. The Balaban J connectivity index is 0.00000280. The summed E-state index contributed by atoms with van der Waals surface area (Å²) >= 11 is 0. The van der Waals surface area contributed by atoms with Crippen molar-refractivity contribution in [2.45, 2.75) is 38.4 Å². The van der Waals surface area contributed by atoms with Gasteiger partial charge >= 0.3 is 0 Å². The molecule has 1 atom stereocenters. The van der Waals surface area contributed by atoms with Crippen molar-refractivity contribution in [1.82, 2.24) is 20.1 Å². The number of ether oxygens (including phenoxy) is 2. The van der Waals surface area contributed by atoms with Crippen LogP contribution in [-0.4, -0.2) is 47.0 Å². The Bertz CT molecular complexity index is 777. The molecular weight excluding hydrogens is 382 g/mol. The third-order valence-electron chi connectivity index (χ3n) is 4.72. The van der Waals surface area contributed by atoms with Crippen LogP contribution in [0.2, 0.25) is 0 Å². The van der Waals surface area contributed by atoms with Crippen molar-refractivity contribution in [2.75, 3.05) is 25.5 Å². The van der Waals surface area contributed by atoms with Crippen LogP contribution >= 0.6 is 12.4 Å². The van der Waals surface area contributed by atoms with E-state index in [0.717, 1.165) is 43.1 Å². The van der Waals surface area contributed by atoms with Crippen molar-refractivity contribution >= 4 is 24.3 Å². The zero-order valence-corrected chi connectivity index (χ0v) is 17.3. The third kappa shape index (κ3) is 5.67. The van der Waals surface area contributed by atoms with E-state index in [9.17, 15) is 4.79 Å². The van der Waals surface area contributed by atoms with Crippen molar-refractivity contribution in [2.24, 2.45) is 7.05 Å². The van der Waals surface area contributed by atoms with Crippen molar-refractivity contribution < 1.29 is 14.3 Å². The van der Waals surface area contributed by atoms with E-state index in [1.54, 1.807) is 25.8 Å². The molecule has 1 unspecified atom stereocenters. The maximum absolute atomic E-state index is 12.4. The Morgan fingerprint density at radius 3 is 2.86 bits per heavy atom. The molecule has 1 aromatic carbocycles. The summed E-state index contributed by atoms with van der Waals surface area (Å²) in [6.45, 7) is 3.99. The van der Waals surface area contributed by atoms with Crippen LogP contribution in [-0.2, 0) is 23.2 Å². The van der Waals surface area contributed by atoms with E-state index in [2.05, 4.69) is 20.7 Å². The summed E-state index contributed by atoms with van der Waals surface area (Å²) in [5, 5.41) is 10.6. The van der Waals surface area contributed by atoms with Gasteiger partial charge in [-0.1, -0.05) is 12.1 Å². The number of benzene rings is 1. The number of halogens is 1. The molecule has 1 aromatic heterocycles. The van der Waals surface area contributed by atoms with Gasteiger partial charge in [0.15, 0.2) is 5.82 Å². The molecule has 2 aromatic rings. The van der Waals surface area contributed by atoms with Crippen LogP contribution in [0.3, 0.4) is 0 Å². The zero-order chi connectivity index (χ0) is 19.2. The molecular formula is C19H28ClN5O3. The summed E-state index contributed by atoms with van der Waals surface area (Å²) < 4.78 is 12.5. The number of aryl methyl sites for hydroxylation is 1. The second-order valence-corrected chi connectivity index (χ2v) is 6.74. The van der Waals surface area contributed by atoms with Crippen LogP contribution in [0, 0.1) is 0 Å². The van der Waals surface area contributed by atoms with E-state index in [4.69, 9.17) is 9.47 Å². The summed E-state index contributed by atoms with van der Waals surface area (Å²) in [6.07, 6.45) is 1.41. The minimum absolute atomic E-state index is 0. The molecule has 0 saturated carbocycles. The van der Waals surface area contributed by atoms with E-state index in [1.807, 2.05) is 24.3 Å². The van der Waals surface area contributed by atoms with E-state index in [-0.39, 0.29) is 18.3 Å². The Morgan fingerprint density at radius 2 is 2.14 bits per heavy atom. The highest BCUT2D eigenvalue weighted by molar-refractivity contribution is 5.92. The first kappa shape index (κ1) is 22.1. The Kier molecular flexibility index (Phi) is 8.22. The third-order valence-corrected chi connectivity index (χ3v) is 4.72. The average molecular weight is 410 g/mol. The Hall–Kier alpha value is -2.16. The summed E-state index contributed by atoms with van der Waals surface area (Å²) in [5.41, 5.74) is 0.945. The highest BCUT2D eigenvalue weighted by atomic mass is 35.5. The average Bonchev–Trinajstić information content (AvgIpc) is 3.07.